The molecule has 31 heavy (non-hydrogen) atoms. The summed E-state index contributed by atoms with van der Waals surface area (Å²) in [5, 5.41) is 6.56. The summed E-state index contributed by atoms with van der Waals surface area (Å²) in [6.45, 7) is 7.09. The smallest absolute Gasteiger partial charge is 0.239 e. The highest BCUT2D eigenvalue weighted by Gasteiger charge is 2.40. The molecule has 0 saturated carbocycles. The monoisotopic (exact) mass is 421 g/mol. The summed E-state index contributed by atoms with van der Waals surface area (Å²) >= 11 is 0. The molecule has 1 atom stereocenters. The predicted molar refractivity (Wildman–Crippen MR) is 122 cm³/mol. The minimum atomic E-state index is -0.131. The van der Waals surface area contributed by atoms with Gasteiger partial charge in [0.05, 0.1) is 30.3 Å². The van der Waals surface area contributed by atoms with Gasteiger partial charge in [0.2, 0.25) is 5.91 Å². The third-order valence-electron chi connectivity index (χ3n) is 6.10. The summed E-state index contributed by atoms with van der Waals surface area (Å²) in [7, 11) is 0. The van der Waals surface area contributed by atoms with Crippen LogP contribution in [0.25, 0.3) is 0 Å². The number of ketones is 1. The maximum absolute atomic E-state index is 13.2. The van der Waals surface area contributed by atoms with Gasteiger partial charge in [0.15, 0.2) is 5.78 Å². The number of amides is 1. The van der Waals surface area contributed by atoms with Crippen molar-refractivity contribution in [3.63, 3.8) is 0 Å². The number of hydrogen-bond donors (Lipinski definition) is 3. The molecular weight excluding hydrogens is 390 g/mol. The Bertz CT molecular complexity index is 993. The van der Waals surface area contributed by atoms with Gasteiger partial charge >= 0.3 is 0 Å². The highest BCUT2D eigenvalue weighted by Crippen LogP contribution is 2.44. The number of H-pyrrole nitrogens is 1. The fraction of sp³-hybridized carbons (Fsp3) is 0.458. The van der Waals surface area contributed by atoms with Gasteiger partial charge < -0.3 is 20.5 Å². The minimum Gasteiger partial charge on any atom is -0.357 e. The molecule has 2 aliphatic rings. The summed E-state index contributed by atoms with van der Waals surface area (Å²) in [6.07, 6.45) is 6.21. The maximum atomic E-state index is 13.2. The quantitative estimate of drug-likeness (QED) is 0.665. The molecule has 1 aliphatic heterocycles. The summed E-state index contributed by atoms with van der Waals surface area (Å²) in [4.78, 5) is 35.2. The molecule has 0 fully saturated rings. The lowest BCUT2D eigenvalue weighted by Gasteiger charge is -2.37. The van der Waals surface area contributed by atoms with Gasteiger partial charge in [0, 0.05) is 42.5 Å². The lowest BCUT2D eigenvalue weighted by molar-refractivity contribution is -0.120. The van der Waals surface area contributed by atoms with Gasteiger partial charge in [-0.05, 0) is 30.4 Å². The van der Waals surface area contributed by atoms with Crippen molar-refractivity contribution < 1.29 is 9.59 Å². The number of aromatic nitrogens is 2. The predicted octanol–water partition coefficient (Wildman–Crippen LogP) is 3.42. The summed E-state index contributed by atoms with van der Waals surface area (Å²) in [5.74, 6) is 0.128. The van der Waals surface area contributed by atoms with Crippen LogP contribution in [0.4, 0.5) is 11.4 Å². The van der Waals surface area contributed by atoms with Crippen LogP contribution in [0, 0.1) is 5.41 Å². The van der Waals surface area contributed by atoms with Crippen molar-refractivity contribution in [1.82, 2.24) is 15.3 Å². The molecule has 1 aliphatic carbocycles. The second kappa shape index (κ2) is 8.57. The van der Waals surface area contributed by atoms with Crippen molar-refractivity contribution >= 4 is 23.1 Å². The molecule has 164 valence electrons. The van der Waals surface area contributed by atoms with E-state index in [2.05, 4.69) is 46.3 Å². The van der Waals surface area contributed by atoms with Crippen molar-refractivity contribution in [2.75, 3.05) is 23.3 Å². The van der Waals surface area contributed by atoms with Crippen LogP contribution in [0.15, 0.2) is 48.1 Å². The first-order chi connectivity index (χ1) is 14.9. The minimum absolute atomic E-state index is 0.0552. The molecule has 0 spiro atoms. The van der Waals surface area contributed by atoms with Crippen LogP contribution in [0.2, 0.25) is 0 Å². The third kappa shape index (κ3) is 4.50. The van der Waals surface area contributed by atoms with Crippen LogP contribution in [0.3, 0.4) is 0 Å². The molecule has 1 unspecified atom stereocenters. The zero-order valence-electron chi connectivity index (χ0n) is 18.5. The maximum Gasteiger partial charge on any atom is 0.239 e. The standard InChI is InChI=1S/C24H31N5O2/c1-4-19-23-18(11-24(2,3)12-21(23)30)28-17-7-5-6-8-20(17)29(19)14-22(31)26-10-9-16-13-25-15-27-16/h5-8,13,15,19,28H,4,9-12,14H2,1-3H3,(H,25,27)(H,26,31). The third-order valence-corrected chi connectivity index (χ3v) is 6.10. The number of hydrogen-bond acceptors (Lipinski definition) is 5. The second-order valence-corrected chi connectivity index (χ2v) is 9.20. The number of carbonyl (C=O) groups excluding carboxylic acids is 2. The van der Waals surface area contributed by atoms with E-state index >= 15 is 0 Å². The number of rotatable bonds is 6. The van der Waals surface area contributed by atoms with Crippen LogP contribution >= 0.6 is 0 Å². The van der Waals surface area contributed by atoms with E-state index in [0.717, 1.165) is 41.2 Å². The van der Waals surface area contributed by atoms with Crippen molar-refractivity contribution in [3.05, 3.63) is 53.8 Å². The molecule has 1 amide bonds. The van der Waals surface area contributed by atoms with Crippen LogP contribution in [-0.4, -0.2) is 40.8 Å². The lowest BCUT2D eigenvalue weighted by Crippen LogP contribution is -2.46. The molecule has 7 heteroatoms. The SMILES string of the molecule is CCC1C2=C(CC(C)(C)CC2=O)Nc2ccccc2N1CC(=O)NCCc1cnc[nH]1. The number of Topliss-reactive ketones (excluding diaryl/α,β-unsaturated/α-hetero) is 1. The van der Waals surface area contributed by atoms with Crippen molar-refractivity contribution in [2.45, 2.75) is 52.5 Å². The topological polar surface area (TPSA) is 90.1 Å². The van der Waals surface area contributed by atoms with E-state index in [9.17, 15) is 9.59 Å². The molecular formula is C24H31N5O2. The Morgan fingerprint density at radius 3 is 2.84 bits per heavy atom. The van der Waals surface area contributed by atoms with Crippen molar-refractivity contribution in [2.24, 2.45) is 5.41 Å². The fourth-order valence-electron chi connectivity index (χ4n) is 4.74. The summed E-state index contributed by atoms with van der Waals surface area (Å²) in [5.41, 5.74) is 4.65. The summed E-state index contributed by atoms with van der Waals surface area (Å²) in [6, 6.07) is 7.88. The van der Waals surface area contributed by atoms with Gasteiger partial charge in [-0.2, -0.15) is 0 Å². The van der Waals surface area contributed by atoms with Crippen LogP contribution in [0.5, 0.6) is 0 Å². The number of anilines is 2. The van der Waals surface area contributed by atoms with Crippen molar-refractivity contribution in [1.29, 1.82) is 0 Å². The molecule has 0 bridgehead atoms. The molecule has 4 rings (SSSR count). The number of imidazole rings is 1. The van der Waals surface area contributed by atoms with Crippen molar-refractivity contribution in [3.8, 4) is 0 Å². The first-order valence-corrected chi connectivity index (χ1v) is 11.0. The molecule has 7 nitrogen and oxygen atoms in total. The Morgan fingerprint density at radius 2 is 2.10 bits per heavy atom. The number of nitrogens with zero attached hydrogens (tertiary/aromatic N) is 2. The number of allylic oxidation sites excluding steroid dienone is 1. The Labute approximate surface area is 183 Å². The Balaban J connectivity index is 1.60. The van der Waals surface area contributed by atoms with Gasteiger partial charge in [-0.25, -0.2) is 4.98 Å². The van der Waals surface area contributed by atoms with Gasteiger partial charge in [-0.1, -0.05) is 32.9 Å². The Morgan fingerprint density at radius 1 is 1.29 bits per heavy atom. The highest BCUT2D eigenvalue weighted by molar-refractivity contribution is 6.01. The number of fused-ring (bicyclic) bond motifs is 1. The zero-order chi connectivity index (χ0) is 22.0. The lowest BCUT2D eigenvalue weighted by atomic mass is 9.74. The van der Waals surface area contributed by atoms with Crippen LogP contribution in [0.1, 0.15) is 45.7 Å². The van der Waals surface area contributed by atoms with Gasteiger partial charge in [-0.15, -0.1) is 0 Å². The van der Waals surface area contributed by atoms with E-state index in [1.807, 2.05) is 24.3 Å². The zero-order valence-corrected chi connectivity index (χ0v) is 18.5. The number of para-hydroxylation sites is 2. The summed E-state index contributed by atoms with van der Waals surface area (Å²) < 4.78 is 0. The number of benzene rings is 1. The van der Waals surface area contributed by atoms with Gasteiger partial charge in [0.25, 0.3) is 0 Å². The van der Waals surface area contributed by atoms with E-state index in [1.54, 1.807) is 12.5 Å². The Kier molecular flexibility index (Phi) is 5.85. The second-order valence-electron chi connectivity index (χ2n) is 9.20. The normalized spacial score (nSPS) is 19.9. The highest BCUT2D eigenvalue weighted by atomic mass is 16.2. The molecule has 1 aromatic heterocycles. The average molecular weight is 422 g/mol. The van der Waals surface area contributed by atoms with Gasteiger partial charge in [0.1, 0.15) is 0 Å². The largest absolute Gasteiger partial charge is 0.357 e. The Hall–Kier alpha value is -3.09. The molecule has 1 aromatic carbocycles. The number of aromatic amines is 1. The molecule has 3 N–H and O–H groups in total. The fourth-order valence-corrected chi connectivity index (χ4v) is 4.74. The number of nitrogens with one attached hydrogen (secondary N) is 3. The first-order valence-electron chi connectivity index (χ1n) is 11.0. The molecule has 0 saturated heterocycles. The van der Waals surface area contributed by atoms with E-state index in [4.69, 9.17) is 0 Å². The number of carbonyl (C=O) groups is 2. The molecule has 2 aromatic rings. The van der Waals surface area contributed by atoms with E-state index in [-0.39, 0.29) is 29.7 Å². The average Bonchev–Trinajstić information content (AvgIpc) is 3.18. The first kappa shape index (κ1) is 21.2. The van der Waals surface area contributed by atoms with E-state index in [0.29, 0.717) is 19.4 Å². The van der Waals surface area contributed by atoms with Crippen LogP contribution < -0.4 is 15.5 Å². The molecule has 2 heterocycles. The van der Waals surface area contributed by atoms with E-state index in [1.165, 1.54) is 0 Å². The van der Waals surface area contributed by atoms with Crippen LogP contribution in [-0.2, 0) is 16.0 Å². The van der Waals surface area contributed by atoms with E-state index < -0.39 is 0 Å². The van der Waals surface area contributed by atoms with Gasteiger partial charge in [-0.3, -0.25) is 9.59 Å². The molecule has 0 radical (unpaired) electrons.